The van der Waals surface area contributed by atoms with E-state index >= 15 is 0 Å². The molecule has 0 bridgehead atoms. The Labute approximate surface area is 149 Å². The zero-order chi connectivity index (χ0) is 16.9. The molecule has 0 aliphatic rings. The molecule has 0 fully saturated rings. The first-order valence-electron chi connectivity index (χ1n) is 7.40. The van der Waals surface area contributed by atoms with Gasteiger partial charge in [-0.15, -0.1) is 11.3 Å². The van der Waals surface area contributed by atoms with Crippen molar-refractivity contribution in [3.8, 4) is 16.2 Å². The topological polar surface area (TPSA) is 34.1 Å². The summed E-state index contributed by atoms with van der Waals surface area (Å²) in [4.78, 5) is 5.08. The number of aromatic nitrogens is 1. The summed E-state index contributed by atoms with van der Waals surface area (Å²) in [6, 6.07) is 12.5. The molecule has 0 saturated carbocycles. The first-order valence-corrected chi connectivity index (χ1v) is 8.60. The van der Waals surface area contributed by atoms with Crippen LogP contribution in [0.25, 0.3) is 10.4 Å². The standard InChI is InChI=1S/C18H16ClFN2OS/c1-23-15-8-3-2-5-12(15)9-21-11-17-22-10-16(24-17)18-13(19)6-4-7-14(18)20/h2-8,10,21H,9,11H2,1H3. The molecule has 0 amide bonds. The summed E-state index contributed by atoms with van der Waals surface area (Å²) in [7, 11) is 1.66. The predicted molar refractivity (Wildman–Crippen MR) is 96.1 cm³/mol. The van der Waals surface area contributed by atoms with E-state index in [4.69, 9.17) is 16.3 Å². The largest absolute Gasteiger partial charge is 0.496 e. The molecule has 0 unspecified atom stereocenters. The van der Waals surface area contributed by atoms with Crippen LogP contribution in [-0.2, 0) is 13.1 Å². The minimum Gasteiger partial charge on any atom is -0.496 e. The molecule has 0 atom stereocenters. The van der Waals surface area contributed by atoms with Crippen LogP contribution in [0.3, 0.4) is 0 Å². The molecule has 124 valence electrons. The quantitative estimate of drug-likeness (QED) is 0.677. The summed E-state index contributed by atoms with van der Waals surface area (Å²) in [5.41, 5.74) is 1.49. The molecule has 1 N–H and O–H groups in total. The molecule has 0 radical (unpaired) electrons. The number of thiazole rings is 1. The van der Waals surface area contributed by atoms with E-state index in [1.807, 2.05) is 24.3 Å². The molecule has 3 rings (SSSR count). The highest BCUT2D eigenvalue weighted by molar-refractivity contribution is 7.15. The van der Waals surface area contributed by atoms with Crippen LogP contribution in [0, 0.1) is 5.82 Å². The van der Waals surface area contributed by atoms with Crippen molar-refractivity contribution < 1.29 is 9.13 Å². The Morgan fingerprint density at radius 2 is 2.00 bits per heavy atom. The van der Waals surface area contributed by atoms with Gasteiger partial charge < -0.3 is 10.1 Å². The highest BCUT2D eigenvalue weighted by atomic mass is 35.5. The number of nitrogens with one attached hydrogen (secondary N) is 1. The van der Waals surface area contributed by atoms with Crippen LogP contribution in [0.1, 0.15) is 10.6 Å². The van der Waals surface area contributed by atoms with Gasteiger partial charge >= 0.3 is 0 Å². The number of ether oxygens (including phenoxy) is 1. The van der Waals surface area contributed by atoms with Crippen LogP contribution < -0.4 is 10.1 Å². The van der Waals surface area contributed by atoms with Crippen molar-refractivity contribution in [2.45, 2.75) is 13.1 Å². The van der Waals surface area contributed by atoms with E-state index in [9.17, 15) is 4.39 Å². The summed E-state index contributed by atoms with van der Waals surface area (Å²) in [6.45, 7) is 1.26. The van der Waals surface area contributed by atoms with Crippen LogP contribution in [0.5, 0.6) is 5.75 Å². The average molecular weight is 363 g/mol. The zero-order valence-corrected chi connectivity index (χ0v) is 14.6. The van der Waals surface area contributed by atoms with Crippen molar-refractivity contribution in [2.24, 2.45) is 0 Å². The summed E-state index contributed by atoms with van der Waals surface area (Å²) in [6.07, 6.45) is 1.66. The second-order valence-electron chi connectivity index (χ2n) is 5.13. The van der Waals surface area contributed by atoms with Crippen LogP contribution in [0.15, 0.2) is 48.7 Å². The maximum Gasteiger partial charge on any atom is 0.133 e. The molecule has 0 aliphatic carbocycles. The van der Waals surface area contributed by atoms with E-state index < -0.39 is 0 Å². The van der Waals surface area contributed by atoms with Crippen molar-refractivity contribution >= 4 is 22.9 Å². The summed E-state index contributed by atoms with van der Waals surface area (Å²) in [5, 5.41) is 4.60. The number of nitrogens with zero attached hydrogens (tertiary/aromatic N) is 1. The van der Waals surface area contributed by atoms with Gasteiger partial charge in [0.15, 0.2) is 0 Å². The lowest BCUT2D eigenvalue weighted by Gasteiger charge is -2.08. The lowest BCUT2D eigenvalue weighted by Crippen LogP contribution is -2.13. The fraction of sp³-hybridized carbons (Fsp3) is 0.167. The van der Waals surface area contributed by atoms with E-state index in [1.54, 1.807) is 25.4 Å². The van der Waals surface area contributed by atoms with Gasteiger partial charge in [-0.3, -0.25) is 0 Å². The highest BCUT2D eigenvalue weighted by Crippen LogP contribution is 2.34. The highest BCUT2D eigenvalue weighted by Gasteiger charge is 2.13. The van der Waals surface area contributed by atoms with Crippen LogP contribution >= 0.6 is 22.9 Å². The summed E-state index contributed by atoms with van der Waals surface area (Å²) < 4.78 is 19.3. The summed E-state index contributed by atoms with van der Waals surface area (Å²) >= 11 is 7.53. The van der Waals surface area contributed by atoms with Gasteiger partial charge in [0.2, 0.25) is 0 Å². The Morgan fingerprint density at radius 1 is 1.17 bits per heavy atom. The monoisotopic (exact) mass is 362 g/mol. The molecular formula is C18H16ClFN2OS. The molecular weight excluding hydrogens is 347 g/mol. The van der Waals surface area contributed by atoms with Gasteiger partial charge in [-0.2, -0.15) is 0 Å². The third-order valence-corrected chi connectivity index (χ3v) is 4.88. The Hall–Kier alpha value is -1.95. The first-order chi connectivity index (χ1) is 11.7. The lowest BCUT2D eigenvalue weighted by atomic mass is 10.2. The minimum atomic E-state index is -0.334. The molecule has 0 spiro atoms. The number of rotatable bonds is 6. The SMILES string of the molecule is COc1ccccc1CNCc1ncc(-c2c(F)cccc2Cl)s1. The molecule has 6 heteroatoms. The molecule has 0 aliphatic heterocycles. The Balaban J connectivity index is 1.67. The second kappa shape index (κ2) is 7.75. The third kappa shape index (κ3) is 3.75. The fourth-order valence-electron chi connectivity index (χ4n) is 2.39. The smallest absolute Gasteiger partial charge is 0.133 e. The van der Waals surface area contributed by atoms with E-state index in [0.29, 0.717) is 23.7 Å². The number of hydrogen-bond acceptors (Lipinski definition) is 4. The molecule has 24 heavy (non-hydrogen) atoms. The van der Waals surface area contributed by atoms with E-state index in [2.05, 4.69) is 10.3 Å². The van der Waals surface area contributed by atoms with Crippen molar-refractivity contribution in [3.63, 3.8) is 0 Å². The van der Waals surface area contributed by atoms with Gasteiger partial charge in [-0.25, -0.2) is 9.37 Å². The fourth-order valence-corrected chi connectivity index (χ4v) is 3.66. The van der Waals surface area contributed by atoms with Gasteiger partial charge in [0, 0.05) is 30.4 Å². The van der Waals surface area contributed by atoms with Crippen molar-refractivity contribution in [1.82, 2.24) is 10.3 Å². The van der Waals surface area contributed by atoms with Gasteiger partial charge in [0.05, 0.1) is 17.0 Å². The average Bonchev–Trinajstić information content (AvgIpc) is 3.03. The maximum atomic E-state index is 14.0. The van der Waals surface area contributed by atoms with Crippen molar-refractivity contribution in [2.75, 3.05) is 7.11 Å². The molecule has 3 nitrogen and oxygen atoms in total. The van der Waals surface area contributed by atoms with Gasteiger partial charge in [0.25, 0.3) is 0 Å². The van der Waals surface area contributed by atoms with Gasteiger partial charge in [-0.1, -0.05) is 35.9 Å². The number of para-hydroxylation sites is 1. The molecule has 0 saturated heterocycles. The van der Waals surface area contributed by atoms with E-state index in [1.165, 1.54) is 17.4 Å². The first kappa shape index (κ1) is 16.9. The number of benzene rings is 2. The Morgan fingerprint density at radius 3 is 2.79 bits per heavy atom. The van der Waals surface area contributed by atoms with E-state index in [-0.39, 0.29) is 5.82 Å². The lowest BCUT2D eigenvalue weighted by molar-refractivity contribution is 0.407. The third-order valence-electron chi connectivity index (χ3n) is 3.55. The molecule has 1 aromatic heterocycles. The normalized spacial score (nSPS) is 10.8. The number of hydrogen-bond donors (Lipinski definition) is 1. The van der Waals surface area contributed by atoms with Crippen LogP contribution in [0.2, 0.25) is 5.02 Å². The van der Waals surface area contributed by atoms with E-state index in [0.717, 1.165) is 21.2 Å². The van der Waals surface area contributed by atoms with Crippen LogP contribution in [0.4, 0.5) is 4.39 Å². The Kier molecular flexibility index (Phi) is 5.45. The number of halogens is 2. The second-order valence-corrected chi connectivity index (χ2v) is 6.65. The number of methoxy groups -OCH3 is 1. The van der Waals surface area contributed by atoms with Crippen molar-refractivity contribution in [1.29, 1.82) is 0 Å². The molecule has 1 heterocycles. The Bertz CT molecular complexity index is 817. The van der Waals surface area contributed by atoms with Crippen LogP contribution in [-0.4, -0.2) is 12.1 Å². The van der Waals surface area contributed by atoms with Gasteiger partial charge in [0.1, 0.15) is 16.6 Å². The maximum absolute atomic E-state index is 14.0. The molecule has 3 aromatic rings. The minimum absolute atomic E-state index is 0.334. The zero-order valence-electron chi connectivity index (χ0n) is 13.1. The predicted octanol–water partition coefficient (Wildman–Crippen LogP) is 4.90. The summed E-state index contributed by atoms with van der Waals surface area (Å²) in [5.74, 6) is 0.516. The van der Waals surface area contributed by atoms with Crippen molar-refractivity contribution in [3.05, 3.63) is 70.1 Å². The molecule has 2 aromatic carbocycles. The van der Waals surface area contributed by atoms with Gasteiger partial charge in [-0.05, 0) is 18.2 Å².